The highest BCUT2D eigenvalue weighted by atomic mass is 16.1. The van der Waals surface area contributed by atoms with Crippen molar-refractivity contribution in [2.45, 2.75) is 46.1 Å². The van der Waals surface area contributed by atoms with E-state index in [2.05, 4.69) is 15.3 Å². The number of rotatable bonds is 5. The number of carbonyl (C=O) groups is 1. The number of Topliss-reactive ketones (excluding diaryl/α,β-unsaturated/α-hetero) is 1. The number of hydrogen-bond donors (Lipinski definition) is 1. The van der Waals surface area contributed by atoms with E-state index in [1.54, 1.807) is 12.3 Å². The van der Waals surface area contributed by atoms with Crippen LogP contribution in [0.2, 0.25) is 0 Å². The van der Waals surface area contributed by atoms with Crippen molar-refractivity contribution in [3.63, 3.8) is 0 Å². The second-order valence-corrected chi connectivity index (χ2v) is 5.28. The molecule has 0 aromatic carbocycles. The average molecular weight is 272 g/mol. The van der Waals surface area contributed by atoms with Gasteiger partial charge in [0.25, 0.3) is 0 Å². The molecule has 1 aromatic heterocycles. The number of nitrogens with zero attached hydrogens (tertiary/aromatic N) is 3. The van der Waals surface area contributed by atoms with Gasteiger partial charge in [0.05, 0.1) is 5.54 Å². The minimum Gasteiger partial charge on any atom is -0.294 e. The zero-order valence-electron chi connectivity index (χ0n) is 12.4. The van der Waals surface area contributed by atoms with E-state index in [0.717, 1.165) is 12.0 Å². The van der Waals surface area contributed by atoms with E-state index in [0.29, 0.717) is 17.8 Å². The second-order valence-electron chi connectivity index (χ2n) is 5.28. The Morgan fingerprint density at radius 3 is 2.75 bits per heavy atom. The Hall–Kier alpha value is -2.22. The molecule has 106 valence electrons. The molecule has 0 aliphatic rings. The summed E-state index contributed by atoms with van der Waals surface area (Å²) in [7, 11) is 0. The summed E-state index contributed by atoms with van der Waals surface area (Å²) in [6.45, 7) is 7.57. The van der Waals surface area contributed by atoms with Crippen LogP contribution in [-0.4, -0.2) is 22.1 Å². The third kappa shape index (κ3) is 4.81. The highest BCUT2D eigenvalue weighted by Crippen LogP contribution is 2.14. The van der Waals surface area contributed by atoms with Crippen LogP contribution in [0.4, 0.5) is 0 Å². The van der Waals surface area contributed by atoms with Crippen LogP contribution in [0.1, 0.15) is 50.0 Å². The first kappa shape index (κ1) is 15.8. The zero-order chi connectivity index (χ0) is 15.2. The first-order valence-corrected chi connectivity index (χ1v) is 6.56. The van der Waals surface area contributed by atoms with Crippen LogP contribution in [0, 0.1) is 11.5 Å². The molecule has 1 aromatic rings. The maximum atomic E-state index is 11.3. The van der Waals surface area contributed by atoms with Crippen LogP contribution in [0.15, 0.2) is 23.5 Å². The average Bonchev–Trinajstić information content (AvgIpc) is 2.39. The Morgan fingerprint density at radius 2 is 2.20 bits per heavy atom. The molecule has 5 heteroatoms. The van der Waals surface area contributed by atoms with Gasteiger partial charge in [0.2, 0.25) is 0 Å². The molecule has 0 aliphatic carbocycles. The molecule has 0 atom stereocenters. The van der Waals surface area contributed by atoms with E-state index in [9.17, 15) is 4.79 Å². The van der Waals surface area contributed by atoms with Gasteiger partial charge in [0, 0.05) is 24.4 Å². The van der Waals surface area contributed by atoms with E-state index < -0.39 is 0 Å². The van der Waals surface area contributed by atoms with E-state index >= 15 is 0 Å². The fourth-order valence-corrected chi connectivity index (χ4v) is 1.59. The van der Waals surface area contributed by atoms with Gasteiger partial charge < -0.3 is 0 Å². The monoisotopic (exact) mass is 272 g/mol. The quantitative estimate of drug-likeness (QED) is 0.294. The maximum Gasteiger partial charge on any atom is 0.182 e. The van der Waals surface area contributed by atoms with Crippen molar-refractivity contribution in [3.05, 3.63) is 29.6 Å². The molecule has 1 rings (SSSR count). The minimum atomic E-state index is -0.231. The van der Waals surface area contributed by atoms with Gasteiger partial charge in [-0.15, -0.1) is 0 Å². The van der Waals surface area contributed by atoms with E-state index in [-0.39, 0.29) is 11.3 Å². The highest BCUT2D eigenvalue weighted by molar-refractivity contribution is 5.94. The summed E-state index contributed by atoms with van der Waals surface area (Å²) in [4.78, 5) is 20.0. The Bertz CT molecular complexity index is 555. The number of ketones is 1. The molecule has 0 fully saturated rings. The third-order valence-corrected chi connectivity index (χ3v) is 3.08. The molecule has 0 amide bonds. The minimum absolute atomic E-state index is 0.0278. The molecule has 0 saturated heterocycles. The van der Waals surface area contributed by atoms with E-state index in [1.165, 1.54) is 13.1 Å². The van der Waals surface area contributed by atoms with Crippen LogP contribution in [0.5, 0.6) is 0 Å². The van der Waals surface area contributed by atoms with Crippen molar-refractivity contribution in [1.82, 2.24) is 10.3 Å². The predicted molar refractivity (Wildman–Crippen MR) is 78.5 cm³/mol. The fourth-order valence-electron chi connectivity index (χ4n) is 1.59. The first-order chi connectivity index (χ1) is 9.38. The SMILES string of the molecule is CCC(C)(C)N=C(Cc1cncc(C(C)=O)c1)NC#N. The van der Waals surface area contributed by atoms with Gasteiger partial charge in [-0.2, -0.15) is 5.26 Å². The fraction of sp³-hybridized carbons (Fsp3) is 0.467. The first-order valence-electron chi connectivity index (χ1n) is 6.56. The highest BCUT2D eigenvalue weighted by Gasteiger charge is 2.15. The summed E-state index contributed by atoms with van der Waals surface area (Å²) in [6, 6.07) is 1.78. The van der Waals surface area contributed by atoms with Crippen LogP contribution in [-0.2, 0) is 6.42 Å². The number of amidine groups is 1. The molecule has 0 unspecified atom stereocenters. The van der Waals surface area contributed by atoms with Crippen molar-refractivity contribution in [1.29, 1.82) is 5.26 Å². The second kappa shape index (κ2) is 6.80. The summed E-state index contributed by atoms with van der Waals surface area (Å²) in [5.41, 5.74) is 1.19. The maximum absolute atomic E-state index is 11.3. The van der Waals surface area contributed by atoms with Crippen molar-refractivity contribution in [2.75, 3.05) is 0 Å². The normalized spacial score (nSPS) is 11.8. The number of aromatic nitrogens is 1. The van der Waals surface area contributed by atoms with Gasteiger partial charge in [-0.3, -0.25) is 20.1 Å². The molecular formula is C15H20N4O. The van der Waals surface area contributed by atoms with Gasteiger partial charge in [0.1, 0.15) is 5.84 Å². The van der Waals surface area contributed by atoms with E-state index in [4.69, 9.17) is 5.26 Å². The lowest BCUT2D eigenvalue weighted by molar-refractivity contribution is 0.101. The molecular weight excluding hydrogens is 252 g/mol. The number of nitrogens with one attached hydrogen (secondary N) is 1. The Kier molecular flexibility index (Phi) is 5.39. The lowest BCUT2D eigenvalue weighted by atomic mass is 10.0. The molecule has 1 heterocycles. The summed E-state index contributed by atoms with van der Waals surface area (Å²) in [5, 5.41) is 11.4. The molecule has 1 N–H and O–H groups in total. The smallest absolute Gasteiger partial charge is 0.182 e. The number of aliphatic imine (C=N–C) groups is 1. The van der Waals surface area contributed by atoms with Gasteiger partial charge in [-0.25, -0.2) is 0 Å². The Labute approximate surface area is 119 Å². The molecule has 20 heavy (non-hydrogen) atoms. The van der Waals surface area contributed by atoms with Gasteiger partial charge >= 0.3 is 0 Å². The van der Waals surface area contributed by atoms with Gasteiger partial charge in [-0.05, 0) is 38.8 Å². The summed E-state index contributed by atoms with van der Waals surface area (Å²) in [5.74, 6) is 0.557. The Balaban J connectivity index is 3.00. The third-order valence-electron chi connectivity index (χ3n) is 3.08. The van der Waals surface area contributed by atoms with Crippen LogP contribution < -0.4 is 5.32 Å². The molecule has 0 aliphatic heterocycles. The number of pyridine rings is 1. The molecule has 5 nitrogen and oxygen atoms in total. The molecule has 0 spiro atoms. The molecule has 0 saturated carbocycles. The van der Waals surface area contributed by atoms with Gasteiger partial charge in [-0.1, -0.05) is 6.92 Å². The number of nitriles is 1. The summed E-state index contributed by atoms with van der Waals surface area (Å²) < 4.78 is 0. The van der Waals surface area contributed by atoms with Crippen molar-refractivity contribution in [3.8, 4) is 6.19 Å². The molecule has 0 bridgehead atoms. The predicted octanol–water partition coefficient (Wildman–Crippen LogP) is 2.48. The largest absolute Gasteiger partial charge is 0.294 e. The standard InChI is InChI=1S/C15H20N4O/c1-5-15(3,4)19-14(18-10-16)7-12-6-13(11(2)20)9-17-8-12/h6,8-9H,5,7H2,1-4H3,(H,18,19). The lowest BCUT2D eigenvalue weighted by Crippen LogP contribution is -2.27. The number of hydrogen-bond acceptors (Lipinski definition) is 4. The van der Waals surface area contributed by atoms with Crippen molar-refractivity contribution < 1.29 is 4.79 Å². The van der Waals surface area contributed by atoms with Crippen molar-refractivity contribution in [2.24, 2.45) is 4.99 Å². The van der Waals surface area contributed by atoms with Crippen LogP contribution >= 0.6 is 0 Å². The topological polar surface area (TPSA) is 78.1 Å². The number of carbonyl (C=O) groups excluding carboxylic acids is 1. The van der Waals surface area contributed by atoms with Crippen LogP contribution in [0.25, 0.3) is 0 Å². The summed E-state index contributed by atoms with van der Waals surface area (Å²) >= 11 is 0. The summed E-state index contributed by atoms with van der Waals surface area (Å²) in [6.07, 6.45) is 6.44. The molecule has 0 radical (unpaired) electrons. The van der Waals surface area contributed by atoms with Crippen molar-refractivity contribution >= 4 is 11.6 Å². The zero-order valence-corrected chi connectivity index (χ0v) is 12.4. The van der Waals surface area contributed by atoms with Crippen LogP contribution in [0.3, 0.4) is 0 Å². The van der Waals surface area contributed by atoms with E-state index in [1.807, 2.05) is 27.0 Å². The lowest BCUT2D eigenvalue weighted by Gasteiger charge is -2.19. The van der Waals surface area contributed by atoms with Gasteiger partial charge in [0.15, 0.2) is 12.0 Å². The Morgan fingerprint density at radius 1 is 1.50 bits per heavy atom.